The van der Waals surface area contributed by atoms with E-state index < -0.39 is 18.1 Å². The van der Waals surface area contributed by atoms with Crippen LogP contribution in [0.25, 0.3) is 5.03 Å². The lowest BCUT2D eigenvalue weighted by atomic mass is 10.1. The zero-order valence-corrected chi connectivity index (χ0v) is 12.7. The van der Waals surface area contributed by atoms with Gasteiger partial charge in [-0.2, -0.15) is 13.2 Å². The third-order valence-electron chi connectivity index (χ3n) is 3.28. The Morgan fingerprint density at radius 3 is 2.54 bits per heavy atom. The molecule has 3 nitrogen and oxygen atoms in total. The Labute approximate surface area is 139 Å². The van der Waals surface area contributed by atoms with Crippen LogP contribution < -0.4 is 15.2 Å². The molecule has 0 amide bonds. The lowest BCUT2D eigenvalue weighted by Gasteiger charge is -2.26. The molecule has 24 heavy (non-hydrogen) atoms. The number of nitrogens with two attached hydrogens (primary N) is 1. The fraction of sp³-hybridized carbons (Fsp3) is 0.125. The molecule has 3 rings (SSSR count). The van der Waals surface area contributed by atoms with Crippen LogP contribution in [0.3, 0.4) is 0 Å². The molecule has 0 bridgehead atoms. The number of para-hydroxylation sites is 1. The van der Waals surface area contributed by atoms with Crippen LogP contribution in [0.5, 0.6) is 17.2 Å². The highest BCUT2D eigenvalue weighted by Crippen LogP contribution is 2.45. The summed E-state index contributed by atoms with van der Waals surface area (Å²) in [5.74, 6) is -1.24. The number of ether oxygens (including phenoxy) is 2. The standard InChI is InChI=1S/C16H10ClF4NO2/c17-10-7-14(16(19,20)21)24-15-9(10)2-1-3-13(15)23-12-5-4-8(22)6-11(12)18/h1-7,14H,22H2. The van der Waals surface area contributed by atoms with E-state index >= 15 is 0 Å². The van der Waals surface area contributed by atoms with Gasteiger partial charge < -0.3 is 15.2 Å². The lowest BCUT2D eigenvalue weighted by Crippen LogP contribution is -2.34. The normalized spacial score (nSPS) is 16.9. The van der Waals surface area contributed by atoms with Crippen molar-refractivity contribution >= 4 is 22.3 Å². The molecule has 1 heterocycles. The molecular formula is C16H10ClF4NO2. The number of fused-ring (bicyclic) bond motifs is 1. The van der Waals surface area contributed by atoms with Crippen LogP contribution in [-0.4, -0.2) is 12.3 Å². The molecule has 0 aliphatic carbocycles. The minimum Gasteiger partial charge on any atom is -0.472 e. The van der Waals surface area contributed by atoms with Gasteiger partial charge in [0.2, 0.25) is 6.10 Å². The summed E-state index contributed by atoms with van der Waals surface area (Å²) in [5, 5.41) is -0.123. The number of benzene rings is 2. The zero-order chi connectivity index (χ0) is 17.5. The van der Waals surface area contributed by atoms with Crippen molar-refractivity contribution in [3.05, 3.63) is 53.9 Å². The predicted molar refractivity (Wildman–Crippen MR) is 81.6 cm³/mol. The predicted octanol–water partition coefficient (Wildman–Crippen LogP) is 5.10. The van der Waals surface area contributed by atoms with Gasteiger partial charge in [0.1, 0.15) is 0 Å². The summed E-state index contributed by atoms with van der Waals surface area (Å²) < 4.78 is 63.0. The van der Waals surface area contributed by atoms with Crippen LogP contribution in [0.15, 0.2) is 42.5 Å². The van der Waals surface area contributed by atoms with Crippen LogP contribution >= 0.6 is 11.6 Å². The van der Waals surface area contributed by atoms with Crippen LogP contribution in [0.2, 0.25) is 0 Å². The maximum Gasteiger partial charge on any atom is 0.429 e. The number of alkyl halides is 3. The molecule has 0 saturated heterocycles. The summed E-state index contributed by atoms with van der Waals surface area (Å²) >= 11 is 5.91. The molecule has 0 saturated carbocycles. The Kier molecular flexibility index (Phi) is 4.04. The summed E-state index contributed by atoms with van der Waals surface area (Å²) in [6.07, 6.45) is -6.09. The van der Waals surface area contributed by atoms with E-state index in [1.54, 1.807) is 0 Å². The second kappa shape index (κ2) is 5.90. The first-order chi connectivity index (χ1) is 11.3. The third-order valence-corrected chi connectivity index (χ3v) is 3.61. The maximum absolute atomic E-state index is 13.8. The van der Waals surface area contributed by atoms with Gasteiger partial charge in [0.05, 0.1) is 5.03 Å². The number of nitrogen functional groups attached to an aromatic ring is 1. The van der Waals surface area contributed by atoms with Crippen LogP contribution in [0.4, 0.5) is 23.2 Å². The third kappa shape index (κ3) is 3.12. The topological polar surface area (TPSA) is 44.5 Å². The molecule has 0 spiro atoms. The molecule has 0 radical (unpaired) electrons. The maximum atomic E-state index is 13.8. The number of rotatable bonds is 2. The average Bonchev–Trinajstić information content (AvgIpc) is 2.49. The Hall–Kier alpha value is -2.41. The monoisotopic (exact) mass is 359 g/mol. The highest BCUT2D eigenvalue weighted by atomic mass is 35.5. The Balaban J connectivity index is 2.01. The highest BCUT2D eigenvalue weighted by Gasteiger charge is 2.43. The Morgan fingerprint density at radius 1 is 1.12 bits per heavy atom. The van der Waals surface area contributed by atoms with Crippen molar-refractivity contribution in [3.8, 4) is 17.2 Å². The molecule has 1 aliphatic rings. The highest BCUT2D eigenvalue weighted by molar-refractivity contribution is 6.49. The van der Waals surface area contributed by atoms with Gasteiger partial charge in [-0.05, 0) is 30.3 Å². The van der Waals surface area contributed by atoms with E-state index in [4.69, 9.17) is 26.8 Å². The minimum absolute atomic E-state index is 0.0864. The van der Waals surface area contributed by atoms with Gasteiger partial charge >= 0.3 is 6.18 Å². The second-order valence-corrected chi connectivity index (χ2v) is 5.43. The SMILES string of the molecule is Nc1ccc(Oc2cccc3c2OC(C(F)(F)F)C=C3Cl)c(F)c1. The van der Waals surface area contributed by atoms with Crippen molar-refractivity contribution in [2.75, 3.05) is 5.73 Å². The van der Waals surface area contributed by atoms with Gasteiger partial charge in [-0.15, -0.1) is 0 Å². The van der Waals surface area contributed by atoms with Crippen LogP contribution in [0, 0.1) is 5.82 Å². The van der Waals surface area contributed by atoms with Gasteiger partial charge in [-0.25, -0.2) is 4.39 Å². The van der Waals surface area contributed by atoms with Crippen molar-refractivity contribution in [3.63, 3.8) is 0 Å². The average molecular weight is 360 g/mol. The van der Waals surface area contributed by atoms with E-state index in [-0.39, 0.29) is 33.5 Å². The van der Waals surface area contributed by atoms with Gasteiger partial charge in [0, 0.05) is 17.3 Å². The minimum atomic E-state index is -4.64. The van der Waals surface area contributed by atoms with Gasteiger partial charge in [0.15, 0.2) is 23.1 Å². The van der Waals surface area contributed by atoms with Crippen molar-refractivity contribution in [2.45, 2.75) is 12.3 Å². The molecule has 0 aromatic heterocycles. The summed E-state index contributed by atoms with van der Waals surface area (Å²) in [6, 6.07) is 8.06. The molecule has 126 valence electrons. The smallest absolute Gasteiger partial charge is 0.429 e. The zero-order valence-electron chi connectivity index (χ0n) is 11.9. The van der Waals surface area contributed by atoms with Gasteiger partial charge in [0.25, 0.3) is 0 Å². The largest absolute Gasteiger partial charge is 0.472 e. The van der Waals surface area contributed by atoms with E-state index in [9.17, 15) is 17.6 Å². The molecular weight excluding hydrogens is 350 g/mol. The summed E-state index contributed by atoms with van der Waals surface area (Å²) in [7, 11) is 0. The first kappa shape index (κ1) is 16.4. The van der Waals surface area contributed by atoms with E-state index in [1.807, 2.05) is 0 Å². The van der Waals surface area contributed by atoms with E-state index in [2.05, 4.69) is 0 Å². The molecule has 1 atom stereocenters. The number of halogens is 5. The number of hydrogen-bond acceptors (Lipinski definition) is 3. The Morgan fingerprint density at radius 2 is 1.88 bits per heavy atom. The Bertz CT molecular complexity index is 820. The van der Waals surface area contributed by atoms with Crippen molar-refractivity contribution < 1.29 is 27.0 Å². The summed E-state index contributed by atoms with van der Waals surface area (Å²) in [5.41, 5.74) is 5.86. The lowest BCUT2D eigenvalue weighted by molar-refractivity contribution is -0.180. The molecule has 2 aromatic rings. The van der Waals surface area contributed by atoms with Crippen molar-refractivity contribution in [2.24, 2.45) is 0 Å². The van der Waals surface area contributed by atoms with Crippen LogP contribution in [0.1, 0.15) is 5.56 Å². The second-order valence-electron chi connectivity index (χ2n) is 5.02. The van der Waals surface area contributed by atoms with Gasteiger partial charge in [-0.3, -0.25) is 0 Å². The quantitative estimate of drug-likeness (QED) is 0.599. The summed E-state index contributed by atoms with van der Waals surface area (Å²) in [4.78, 5) is 0. The molecule has 1 unspecified atom stereocenters. The van der Waals surface area contributed by atoms with E-state index in [0.717, 1.165) is 12.1 Å². The van der Waals surface area contributed by atoms with Gasteiger partial charge in [-0.1, -0.05) is 17.7 Å². The van der Waals surface area contributed by atoms with E-state index in [0.29, 0.717) is 0 Å². The molecule has 1 aliphatic heterocycles. The molecule has 2 aromatic carbocycles. The number of anilines is 1. The molecule has 0 fully saturated rings. The fourth-order valence-electron chi connectivity index (χ4n) is 2.17. The molecule has 2 N–H and O–H groups in total. The van der Waals surface area contributed by atoms with Crippen molar-refractivity contribution in [1.82, 2.24) is 0 Å². The van der Waals surface area contributed by atoms with Crippen molar-refractivity contribution in [1.29, 1.82) is 0 Å². The molecule has 8 heteroatoms. The first-order valence-corrected chi connectivity index (χ1v) is 7.10. The number of hydrogen-bond donors (Lipinski definition) is 1. The van der Waals surface area contributed by atoms with Crippen LogP contribution in [-0.2, 0) is 0 Å². The fourth-order valence-corrected chi connectivity index (χ4v) is 2.43. The van der Waals surface area contributed by atoms with E-state index in [1.165, 1.54) is 30.3 Å². The summed E-state index contributed by atoms with van der Waals surface area (Å²) in [6.45, 7) is 0. The first-order valence-electron chi connectivity index (χ1n) is 6.72.